The molecule has 3 aromatic rings. The molecule has 0 radical (unpaired) electrons. The molecule has 2 N–H and O–H groups in total. The zero-order valence-corrected chi connectivity index (χ0v) is 18.0. The number of ether oxygens (including phenoxy) is 1. The van der Waals surface area contributed by atoms with E-state index < -0.39 is 11.9 Å². The van der Waals surface area contributed by atoms with E-state index >= 15 is 0 Å². The van der Waals surface area contributed by atoms with Gasteiger partial charge < -0.3 is 19.6 Å². The number of fused-ring (bicyclic) bond motifs is 1. The van der Waals surface area contributed by atoms with Crippen LogP contribution in [0.5, 0.6) is 5.75 Å². The van der Waals surface area contributed by atoms with E-state index in [1.807, 2.05) is 0 Å². The molecule has 1 aliphatic heterocycles. The molecular weight excluding hydrogens is 439 g/mol. The zero-order valence-electron chi connectivity index (χ0n) is 18.0. The van der Waals surface area contributed by atoms with Gasteiger partial charge in [-0.1, -0.05) is 6.07 Å². The highest BCUT2D eigenvalue weighted by atomic mass is 19.4. The summed E-state index contributed by atoms with van der Waals surface area (Å²) < 4.78 is 50.8. The third-order valence-electron chi connectivity index (χ3n) is 5.64. The highest BCUT2D eigenvalue weighted by molar-refractivity contribution is 6.07. The molecule has 4 rings (SSSR count). The van der Waals surface area contributed by atoms with Crippen LogP contribution in [0.25, 0.3) is 11.0 Å². The Kier molecular flexibility index (Phi) is 6.57. The first-order chi connectivity index (χ1) is 15.8. The molecule has 1 atom stereocenters. The fourth-order valence-electron chi connectivity index (χ4n) is 4.10. The predicted molar refractivity (Wildman–Crippen MR) is 114 cm³/mol. The van der Waals surface area contributed by atoms with Gasteiger partial charge in [0.2, 0.25) is 0 Å². The number of aliphatic hydroxyl groups excluding tert-OH is 1. The Labute approximate surface area is 188 Å². The Balaban J connectivity index is 1.51. The number of pyridine rings is 1. The summed E-state index contributed by atoms with van der Waals surface area (Å²) in [4.78, 5) is 18.5. The molecule has 0 bridgehead atoms. The van der Waals surface area contributed by atoms with Crippen LogP contribution in [0, 0.1) is 6.92 Å². The summed E-state index contributed by atoms with van der Waals surface area (Å²) in [6.07, 6.45) is -2.71. The molecular formula is C23H24F3N3O4. The van der Waals surface area contributed by atoms with Crippen molar-refractivity contribution in [1.82, 2.24) is 15.2 Å². The van der Waals surface area contributed by atoms with Crippen molar-refractivity contribution in [1.29, 1.82) is 0 Å². The summed E-state index contributed by atoms with van der Waals surface area (Å²) >= 11 is 0. The van der Waals surface area contributed by atoms with Crippen LogP contribution >= 0.6 is 0 Å². The fraction of sp³-hybridized carbons (Fsp3) is 0.391. The minimum absolute atomic E-state index is 0.0424. The second kappa shape index (κ2) is 9.40. The van der Waals surface area contributed by atoms with Crippen LogP contribution in [0.3, 0.4) is 0 Å². The van der Waals surface area contributed by atoms with Crippen molar-refractivity contribution in [3.8, 4) is 5.75 Å². The highest BCUT2D eigenvalue weighted by Crippen LogP contribution is 2.32. The van der Waals surface area contributed by atoms with Crippen LogP contribution in [0.2, 0.25) is 0 Å². The van der Waals surface area contributed by atoms with Gasteiger partial charge in [-0.2, -0.15) is 13.2 Å². The van der Waals surface area contributed by atoms with E-state index in [0.717, 1.165) is 19.2 Å². The fourth-order valence-corrected chi connectivity index (χ4v) is 4.10. The molecule has 7 nitrogen and oxygen atoms in total. The second-order valence-electron chi connectivity index (χ2n) is 7.97. The summed E-state index contributed by atoms with van der Waals surface area (Å²) in [7, 11) is 0. The van der Waals surface area contributed by atoms with Crippen molar-refractivity contribution >= 4 is 16.9 Å². The van der Waals surface area contributed by atoms with Gasteiger partial charge in [0.15, 0.2) is 5.69 Å². The van der Waals surface area contributed by atoms with Gasteiger partial charge >= 0.3 is 6.18 Å². The maximum atomic E-state index is 13.2. The minimum atomic E-state index is -4.58. The monoisotopic (exact) mass is 463 g/mol. The number of β-amino-alcohol motifs (C(OH)–C–C–N with tert-alkyl or cyclic N) is 1. The number of hydrogen-bond donors (Lipinski definition) is 2. The minimum Gasteiger partial charge on any atom is -0.489 e. The van der Waals surface area contributed by atoms with Crippen LogP contribution < -0.4 is 10.1 Å². The first-order valence-electron chi connectivity index (χ1n) is 10.6. The SMILES string of the molecule is Cc1oc2ccc(OCc3cccnc3C(F)(F)F)cc2c1C(=O)NC1CCN(CCO)C1. The van der Waals surface area contributed by atoms with E-state index in [2.05, 4.69) is 15.2 Å². The standard InChI is InChI=1S/C23H24F3N3O4/c1-14-20(22(31)28-16-6-8-29(12-16)9-10-30)18-11-17(4-5-19(18)33-14)32-13-15-3-2-7-27-21(15)23(24,25)26/h2-5,7,11,16,30H,6,8-10,12-13H2,1H3,(H,28,31). The van der Waals surface area contributed by atoms with E-state index in [9.17, 15) is 18.0 Å². The number of nitrogens with zero attached hydrogens (tertiary/aromatic N) is 2. The number of rotatable bonds is 7. The lowest BCUT2D eigenvalue weighted by Crippen LogP contribution is -2.37. The van der Waals surface area contributed by atoms with Gasteiger partial charge in [-0.15, -0.1) is 0 Å². The first-order valence-corrected chi connectivity index (χ1v) is 10.6. The molecule has 0 saturated carbocycles. The smallest absolute Gasteiger partial charge is 0.433 e. The Morgan fingerprint density at radius 3 is 2.94 bits per heavy atom. The number of aromatic nitrogens is 1. The summed E-state index contributed by atoms with van der Waals surface area (Å²) in [5.74, 6) is 0.464. The van der Waals surface area contributed by atoms with Gasteiger partial charge in [0, 0.05) is 42.8 Å². The lowest BCUT2D eigenvalue weighted by molar-refractivity contribution is -0.142. The normalized spacial score (nSPS) is 16.9. The van der Waals surface area contributed by atoms with Crippen molar-refractivity contribution in [2.75, 3.05) is 26.2 Å². The molecule has 1 saturated heterocycles. The third kappa shape index (κ3) is 5.12. The maximum absolute atomic E-state index is 13.2. The highest BCUT2D eigenvalue weighted by Gasteiger charge is 2.35. The molecule has 33 heavy (non-hydrogen) atoms. The van der Waals surface area contributed by atoms with Gasteiger partial charge in [-0.25, -0.2) is 0 Å². The Morgan fingerprint density at radius 1 is 1.36 bits per heavy atom. The summed E-state index contributed by atoms with van der Waals surface area (Å²) in [5, 5.41) is 12.6. The van der Waals surface area contributed by atoms with Crippen LogP contribution in [-0.2, 0) is 12.8 Å². The average Bonchev–Trinajstić information content (AvgIpc) is 3.34. The molecule has 0 aliphatic carbocycles. The van der Waals surface area contributed by atoms with Crippen molar-refractivity contribution in [3.05, 3.63) is 59.1 Å². The summed E-state index contributed by atoms with van der Waals surface area (Å²) in [6.45, 7) is 3.44. The number of alkyl halides is 3. The Bertz CT molecular complexity index is 1150. The van der Waals surface area contributed by atoms with Crippen LogP contribution in [-0.4, -0.2) is 53.2 Å². The van der Waals surface area contributed by atoms with Gasteiger partial charge in [0.05, 0.1) is 12.2 Å². The Hall–Kier alpha value is -3.11. The van der Waals surface area contributed by atoms with E-state index in [1.54, 1.807) is 25.1 Å². The van der Waals surface area contributed by atoms with Crippen molar-refractivity contribution in [3.63, 3.8) is 0 Å². The molecule has 1 aromatic carbocycles. The third-order valence-corrected chi connectivity index (χ3v) is 5.64. The molecule has 0 spiro atoms. The molecule has 1 unspecified atom stereocenters. The quantitative estimate of drug-likeness (QED) is 0.558. The number of nitrogens with one attached hydrogen (secondary N) is 1. The summed E-state index contributed by atoms with van der Waals surface area (Å²) in [6, 6.07) is 7.50. The van der Waals surface area contributed by atoms with Crippen LogP contribution in [0.4, 0.5) is 13.2 Å². The van der Waals surface area contributed by atoms with Gasteiger partial charge in [-0.3, -0.25) is 14.7 Å². The van der Waals surface area contributed by atoms with Crippen LogP contribution in [0.15, 0.2) is 40.9 Å². The molecule has 3 heterocycles. The molecule has 1 aliphatic rings. The van der Waals surface area contributed by atoms with Crippen molar-refractivity contribution < 1.29 is 32.2 Å². The van der Waals surface area contributed by atoms with E-state index in [1.165, 1.54) is 12.1 Å². The van der Waals surface area contributed by atoms with Crippen LogP contribution in [0.1, 0.15) is 33.8 Å². The molecule has 2 aromatic heterocycles. The first kappa shape index (κ1) is 23.1. The van der Waals surface area contributed by atoms with Gasteiger partial charge in [0.1, 0.15) is 23.7 Å². The number of aryl methyl sites for hydroxylation is 1. The molecule has 1 amide bonds. The number of carbonyl (C=O) groups is 1. The largest absolute Gasteiger partial charge is 0.489 e. The Morgan fingerprint density at radius 2 is 2.18 bits per heavy atom. The van der Waals surface area contributed by atoms with Crippen molar-refractivity contribution in [2.24, 2.45) is 0 Å². The molecule has 1 fully saturated rings. The number of halogens is 3. The lowest BCUT2D eigenvalue weighted by atomic mass is 10.1. The molecule has 10 heteroatoms. The number of amides is 1. The number of hydrogen-bond acceptors (Lipinski definition) is 6. The topological polar surface area (TPSA) is 87.8 Å². The van der Waals surface area contributed by atoms with E-state index in [4.69, 9.17) is 14.3 Å². The van der Waals surface area contributed by atoms with E-state index in [0.29, 0.717) is 41.1 Å². The predicted octanol–water partition coefficient (Wildman–Crippen LogP) is 3.53. The number of likely N-dealkylation sites (tertiary alicyclic amines) is 1. The second-order valence-corrected chi connectivity index (χ2v) is 7.97. The maximum Gasteiger partial charge on any atom is 0.433 e. The van der Waals surface area contributed by atoms with Gasteiger partial charge in [-0.05, 0) is 37.6 Å². The summed E-state index contributed by atoms with van der Waals surface area (Å²) in [5.41, 5.74) is -0.221. The van der Waals surface area contributed by atoms with Gasteiger partial charge in [0.25, 0.3) is 5.91 Å². The number of carbonyl (C=O) groups excluding carboxylic acids is 1. The number of aliphatic hydroxyl groups is 1. The molecule has 176 valence electrons. The number of benzene rings is 1. The average molecular weight is 463 g/mol. The van der Waals surface area contributed by atoms with E-state index in [-0.39, 0.29) is 30.7 Å². The number of furan rings is 1. The lowest BCUT2D eigenvalue weighted by Gasteiger charge is -2.15. The van der Waals surface area contributed by atoms with Crippen molar-refractivity contribution in [2.45, 2.75) is 32.2 Å². The zero-order chi connectivity index (χ0) is 23.6.